The molecule has 0 saturated heterocycles. The number of Topliss-reactive ketones (excluding diaryl/α,β-unsaturated/α-hetero) is 1. The maximum atomic E-state index is 11.8. The minimum absolute atomic E-state index is 0.0119. The second-order valence-corrected chi connectivity index (χ2v) is 3.34. The molecule has 0 aromatic heterocycles. The summed E-state index contributed by atoms with van der Waals surface area (Å²) in [5.41, 5.74) is 0.602. The van der Waals surface area contributed by atoms with Gasteiger partial charge in [-0.15, -0.1) is 0 Å². The molecule has 1 aromatic rings. The molecule has 0 spiro atoms. The normalized spacial score (nSPS) is 10.8. The highest BCUT2D eigenvalue weighted by molar-refractivity contribution is 5.97. The molecule has 0 aliphatic rings. The Labute approximate surface area is 101 Å². The molecule has 17 heavy (non-hydrogen) atoms. The second-order valence-electron chi connectivity index (χ2n) is 3.34. The molecule has 0 aliphatic carbocycles. The molecule has 0 amide bonds. The lowest BCUT2D eigenvalue weighted by Crippen LogP contribution is -2.08. The number of hydrogen-bond donors (Lipinski definition) is 0. The number of carbonyl (C=O) groups is 1. The molecule has 3 nitrogen and oxygen atoms in total. The SMILES string of the molecule is C=C/C(=C\C)OCC(=O)c1ccc(OC)cc1. The first-order valence-corrected chi connectivity index (χ1v) is 5.30. The largest absolute Gasteiger partial charge is 0.497 e. The Kier molecular flexibility index (Phi) is 5.01. The quantitative estimate of drug-likeness (QED) is 0.429. The zero-order chi connectivity index (χ0) is 12.7. The fourth-order valence-corrected chi connectivity index (χ4v) is 1.27. The van der Waals surface area contributed by atoms with Crippen molar-refractivity contribution in [1.29, 1.82) is 0 Å². The number of methoxy groups -OCH3 is 1. The van der Waals surface area contributed by atoms with Crippen molar-refractivity contribution in [3.63, 3.8) is 0 Å². The Morgan fingerprint density at radius 3 is 2.47 bits per heavy atom. The number of ketones is 1. The van der Waals surface area contributed by atoms with Gasteiger partial charge in [-0.05, 0) is 43.3 Å². The third kappa shape index (κ3) is 3.79. The summed E-state index contributed by atoms with van der Waals surface area (Å²) in [5.74, 6) is 1.25. The van der Waals surface area contributed by atoms with Gasteiger partial charge in [0.1, 0.15) is 11.5 Å². The molecule has 0 fully saturated rings. The average Bonchev–Trinajstić information content (AvgIpc) is 2.39. The van der Waals surface area contributed by atoms with Gasteiger partial charge >= 0.3 is 0 Å². The standard InChI is InChI=1S/C14H16O3/c1-4-12(5-2)17-10-14(15)11-6-8-13(16-3)9-7-11/h4-9H,1,10H2,2-3H3/b12-5+. The molecule has 0 aliphatic heterocycles. The third-order valence-electron chi connectivity index (χ3n) is 2.27. The van der Waals surface area contributed by atoms with Crippen LogP contribution in [0.3, 0.4) is 0 Å². The summed E-state index contributed by atoms with van der Waals surface area (Å²) in [7, 11) is 1.59. The molecule has 3 heteroatoms. The van der Waals surface area contributed by atoms with Gasteiger partial charge < -0.3 is 9.47 Å². The fraction of sp³-hybridized carbons (Fsp3) is 0.214. The van der Waals surface area contributed by atoms with E-state index in [0.29, 0.717) is 11.3 Å². The summed E-state index contributed by atoms with van der Waals surface area (Å²) < 4.78 is 10.3. The zero-order valence-corrected chi connectivity index (χ0v) is 10.1. The van der Waals surface area contributed by atoms with Gasteiger partial charge in [0.25, 0.3) is 0 Å². The van der Waals surface area contributed by atoms with Crippen LogP contribution in [0.15, 0.2) is 48.8 Å². The van der Waals surface area contributed by atoms with E-state index in [9.17, 15) is 4.79 Å². The third-order valence-corrected chi connectivity index (χ3v) is 2.27. The molecule has 0 saturated carbocycles. The molecule has 0 N–H and O–H groups in total. The van der Waals surface area contributed by atoms with E-state index in [2.05, 4.69) is 6.58 Å². The molecular formula is C14H16O3. The Morgan fingerprint density at radius 1 is 1.35 bits per heavy atom. The maximum Gasteiger partial charge on any atom is 0.200 e. The summed E-state index contributed by atoms with van der Waals surface area (Å²) in [6.45, 7) is 5.42. The average molecular weight is 232 g/mol. The molecule has 0 bridgehead atoms. The number of benzene rings is 1. The molecule has 0 atom stereocenters. The van der Waals surface area contributed by atoms with Crippen LogP contribution in [0.4, 0.5) is 0 Å². The van der Waals surface area contributed by atoms with Crippen molar-refractivity contribution in [2.45, 2.75) is 6.92 Å². The lowest BCUT2D eigenvalue weighted by Gasteiger charge is -2.06. The predicted molar refractivity (Wildman–Crippen MR) is 67.2 cm³/mol. The van der Waals surface area contributed by atoms with Gasteiger partial charge in [-0.3, -0.25) is 4.79 Å². The summed E-state index contributed by atoms with van der Waals surface area (Å²) in [4.78, 5) is 11.8. The van der Waals surface area contributed by atoms with Crippen LogP contribution in [0, 0.1) is 0 Å². The highest BCUT2D eigenvalue weighted by Crippen LogP contribution is 2.12. The van der Waals surface area contributed by atoms with Crippen molar-refractivity contribution in [2.75, 3.05) is 13.7 Å². The highest BCUT2D eigenvalue weighted by Gasteiger charge is 2.06. The summed E-state index contributed by atoms with van der Waals surface area (Å²) in [6.07, 6.45) is 3.33. The first kappa shape index (κ1) is 13.0. The van der Waals surface area contributed by atoms with Crippen LogP contribution in [0.1, 0.15) is 17.3 Å². The molecule has 1 rings (SSSR count). The van der Waals surface area contributed by atoms with E-state index >= 15 is 0 Å². The Hall–Kier alpha value is -2.03. The maximum absolute atomic E-state index is 11.8. The van der Waals surface area contributed by atoms with E-state index in [4.69, 9.17) is 9.47 Å². The summed E-state index contributed by atoms with van der Waals surface area (Å²) >= 11 is 0. The first-order valence-electron chi connectivity index (χ1n) is 5.30. The van der Waals surface area contributed by atoms with Gasteiger partial charge in [0, 0.05) is 5.56 Å². The summed E-state index contributed by atoms with van der Waals surface area (Å²) in [6, 6.07) is 6.93. The van der Waals surface area contributed by atoms with Gasteiger partial charge in [-0.2, -0.15) is 0 Å². The second kappa shape index (κ2) is 6.53. The van der Waals surface area contributed by atoms with Gasteiger partial charge in [0.05, 0.1) is 7.11 Å². The minimum Gasteiger partial charge on any atom is -0.497 e. The van der Waals surface area contributed by atoms with Crippen molar-refractivity contribution in [3.8, 4) is 5.75 Å². The topological polar surface area (TPSA) is 35.5 Å². The zero-order valence-electron chi connectivity index (χ0n) is 10.1. The number of carbonyl (C=O) groups excluding carboxylic acids is 1. The van der Waals surface area contributed by atoms with E-state index in [1.54, 1.807) is 43.5 Å². The molecular weight excluding hydrogens is 216 g/mol. The van der Waals surface area contributed by atoms with E-state index in [0.717, 1.165) is 5.75 Å². The number of ether oxygens (including phenoxy) is 2. The van der Waals surface area contributed by atoms with E-state index in [-0.39, 0.29) is 12.4 Å². The van der Waals surface area contributed by atoms with Crippen LogP contribution in [0.2, 0.25) is 0 Å². The lowest BCUT2D eigenvalue weighted by atomic mass is 10.1. The smallest absolute Gasteiger partial charge is 0.200 e. The first-order chi connectivity index (χ1) is 8.21. The predicted octanol–water partition coefficient (Wildman–Crippen LogP) is 2.98. The van der Waals surface area contributed by atoms with Crippen molar-refractivity contribution in [3.05, 3.63) is 54.3 Å². The monoisotopic (exact) mass is 232 g/mol. The van der Waals surface area contributed by atoms with E-state index in [1.165, 1.54) is 0 Å². The van der Waals surface area contributed by atoms with Crippen molar-refractivity contribution in [2.24, 2.45) is 0 Å². The lowest BCUT2D eigenvalue weighted by molar-refractivity contribution is 0.0870. The number of rotatable bonds is 6. The van der Waals surface area contributed by atoms with Crippen LogP contribution >= 0.6 is 0 Å². The highest BCUT2D eigenvalue weighted by atomic mass is 16.5. The molecule has 0 heterocycles. The van der Waals surface area contributed by atoms with Crippen LogP contribution < -0.4 is 4.74 Å². The molecule has 0 unspecified atom stereocenters. The van der Waals surface area contributed by atoms with Crippen molar-refractivity contribution >= 4 is 5.78 Å². The fourth-order valence-electron chi connectivity index (χ4n) is 1.27. The van der Waals surface area contributed by atoms with Crippen LogP contribution in [0.5, 0.6) is 5.75 Å². The van der Waals surface area contributed by atoms with Crippen LogP contribution in [0.25, 0.3) is 0 Å². The van der Waals surface area contributed by atoms with Gasteiger partial charge in [-0.1, -0.05) is 6.58 Å². The van der Waals surface area contributed by atoms with Crippen LogP contribution in [-0.4, -0.2) is 19.5 Å². The van der Waals surface area contributed by atoms with Gasteiger partial charge in [0.2, 0.25) is 0 Å². The summed E-state index contributed by atoms with van der Waals surface area (Å²) in [5, 5.41) is 0. The minimum atomic E-state index is -0.0751. The van der Waals surface area contributed by atoms with Gasteiger partial charge in [0.15, 0.2) is 12.4 Å². The Morgan fingerprint density at radius 2 is 2.00 bits per heavy atom. The van der Waals surface area contributed by atoms with Crippen LogP contribution in [-0.2, 0) is 4.74 Å². The Bertz CT molecular complexity index is 416. The molecule has 90 valence electrons. The van der Waals surface area contributed by atoms with E-state index in [1.807, 2.05) is 6.92 Å². The van der Waals surface area contributed by atoms with E-state index < -0.39 is 0 Å². The number of allylic oxidation sites excluding steroid dienone is 2. The van der Waals surface area contributed by atoms with Crippen molar-refractivity contribution < 1.29 is 14.3 Å². The molecule has 0 radical (unpaired) electrons. The Balaban J connectivity index is 2.60. The van der Waals surface area contributed by atoms with Gasteiger partial charge in [-0.25, -0.2) is 0 Å². The van der Waals surface area contributed by atoms with Crippen molar-refractivity contribution in [1.82, 2.24) is 0 Å². The number of hydrogen-bond acceptors (Lipinski definition) is 3. The molecule has 1 aromatic carbocycles.